The number of rotatable bonds is 3. The van der Waals surface area contributed by atoms with Crippen LogP contribution in [0.2, 0.25) is 0 Å². The molecule has 0 aliphatic rings. The zero-order valence-corrected chi connectivity index (χ0v) is 11.7. The standard InChI is InChI=1S/C15H19NS/c1-10-5-6-13(7-11(10)2)15(16-4)14-8-12(3)17-9-14/h5-9,15-16H,1-4H3. The van der Waals surface area contributed by atoms with Crippen LogP contribution in [0.5, 0.6) is 0 Å². The summed E-state index contributed by atoms with van der Waals surface area (Å²) >= 11 is 1.81. The summed E-state index contributed by atoms with van der Waals surface area (Å²) in [6, 6.07) is 9.27. The molecule has 1 N–H and O–H groups in total. The largest absolute Gasteiger partial charge is 0.309 e. The molecule has 17 heavy (non-hydrogen) atoms. The molecule has 0 spiro atoms. The second kappa shape index (κ2) is 5.03. The summed E-state index contributed by atoms with van der Waals surface area (Å²) in [6.07, 6.45) is 0. The van der Waals surface area contributed by atoms with Gasteiger partial charge in [0.05, 0.1) is 6.04 Å². The maximum atomic E-state index is 3.40. The summed E-state index contributed by atoms with van der Waals surface area (Å²) < 4.78 is 0. The topological polar surface area (TPSA) is 12.0 Å². The second-order valence-corrected chi connectivity index (χ2v) is 5.67. The first-order valence-electron chi connectivity index (χ1n) is 5.91. The van der Waals surface area contributed by atoms with Crippen LogP contribution in [0.25, 0.3) is 0 Å². The average Bonchev–Trinajstić information content (AvgIpc) is 2.71. The van der Waals surface area contributed by atoms with Crippen molar-refractivity contribution in [1.82, 2.24) is 5.32 Å². The molecule has 0 aliphatic heterocycles. The fourth-order valence-electron chi connectivity index (χ4n) is 2.09. The van der Waals surface area contributed by atoms with Gasteiger partial charge in [0.2, 0.25) is 0 Å². The zero-order chi connectivity index (χ0) is 12.4. The lowest BCUT2D eigenvalue weighted by Crippen LogP contribution is -2.17. The fraction of sp³-hybridized carbons (Fsp3) is 0.333. The molecule has 0 amide bonds. The molecule has 2 rings (SSSR count). The Kier molecular flexibility index (Phi) is 3.65. The van der Waals surface area contributed by atoms with E-state index in [0.29, 0.717) is 6.04 Å². The van der Waals surface area contributed by atoms with E-state index < -0.39 is 0 Å². The maximum Gasteiger partial charge on any atom is 0.0582 e. The van der Waals surface area contributed by atoms with Crippen LogP contribution in [-0.2, 0) is 0 Å². The fourth-order valence-corrected chi connectivity index (χ4v) is 2.82. The molecule has 0 bridgehead atoms. The SMILES string of the molecule is CNC(c1csc(C)c1)c1ccc(C)c(C)c1. The number of aryl methyl sites for hydroxylation is 3. The van der Waals surface area contributed by atoms with Gasteiger partial charge >= 0.3 is 0 Å². The van der Waals surface area contributed by atoms with Crippen LogP contribution >= 0.6 is 11.3 Å². The molecule has 2 heteroatoms. The summed E-state index contributed by atoms with van der Waals surface area (Å²) in [5.74, 6) is 0. The molecule has 0 saturated carbocycles. The molecule has 1 unspecified atom stereocenters. The van der Waals surface area contributed by atoms with E-state index in [1.165, 1.54) is 27.1 Å². The van der Waals surface area contributed by atoms with Gasteiger partial charge in [-0.05, 0) is 61.5 Å². The van der Waals surface area contributed by atoms with Crippen molar-refractivity contribution in [3.63, 3.8) is 0 Å². The first kappa shape index (κ1) is 12.3. The lowest BCUT2D eigenvalue weighted by Gasteiger charge is -2.16. The van der Waals surface area contributed by atoms with Crippen LogP contribution in [0.15, 0.2) is 29.6 Å². The van der Waals surface area contributed by atoms with E-state index in [9.17, 15) is 0 Å². The van der Waals surface area contributed by atoms with Crippen molar-refractivity contribution in [3.8, 4) is 0 Å². The van der Waals surface area contributed by atoms with E-state index in [1.807, 2.05) is 18.4 Å². The molecule has 90 valence electrons. The van der Waals surface area contributed by atoms with Crippen molar-refractivity contribution in [2.24, 2.45) is 0 Å². The van der Waals surface area contributed by atoms with Gasteiger partial charge in [-0.1, -0.05) is 18.2 Å². The predicted molar refractivity (Wildman–Crippen MR) is 75.9 cm³/mol. The molecule has 0 aliphatic carbocycles. The quantitative estimate of drug-likeness (QED) is 0.862. The highest BCUT2D eigenvalue weighted by Crippen LogP contribution is 2.27. The molecule has 1 heterocycles. The van der Waals surface area contributed by atoms with E-state index >= 15 is 0 Å². The van der Waals surface area contributed by atoms with Gasteiger partial charge in [0.1, 0.15) is 0 Å². The summed E-state index contributed by atoms with van der Waals surface area (Å²) in [7, 11) is 2.02. The van der Waals surface area contributed by atoms with E-state index in [0.717, 1.165) is 0 Å². The maximum absolute atomic E-state index is 3.40. The van der Waals surface area contributed by atoms with Crippen molar-refractivity contribution in [3.05, 3.63) is 56.8 Å². The molecule has 0 saturated heterocycles. The minimum Gasteiger partial charge on any atom is -0.309 e. The predicted octanol–water partition coefficient (Wildman–Crippen LogP) is 3.98. The summed E-state index contributed by atoms with van der Waals surface area (Å²) in [5.41, 5.74) is 5.41. The molecule has 0 fully saturated rings. The molecular formula is C15H19NS. The first-order valence-corrected chi connectivity index (χ1v) is 6.79. The Morgan fingerprint density at radius 3 is 2.29 bits per heavy atom. The minimum atomic E-state index is 0.305. The van der Waals surface area contributed by atoms with Crippen molar-refractivity contribution < 1.29 is 0 Å². The van der Waals surface area contributed by atoms with Crippen molar-refractivity contribution >= 4 is 11.3 Å². The number of thiophene rings is 1. The smallest absolute Gasteiger partial charge is 0.0582 e. The van der Waals surface area contributed by atoms with E-state index in [2.05, 4.69) is 55.7 Å². The third kappa shape index (κ3) is 2.59. The zero-order valence-electron chi connectivity index (χ0n) is 10.9. The van der Waals surface area contributed by atoms with Crippen LogP contribution in [0, 0.1) is 20.8 Å². The van der Waals surface area contributed by atoms with Gasteiger partial charge in [-0.15, -0.1) is 11.3 Å². The van der Waals surface area contributed by atoms with Crippen LogP contribution in [0.3, 0.4) is 0 Å². The summed E-state index contributed by atoms with van der Waals surface area (Å²) in [6.45, 7) is 6.48. The summed E-state index contributed by atoms with van der Waals surface area (Å²) in [4.78, 5) is 1.36. The Bertz CT molecular complexity index is 513. The number of hydrogen-bond donors (Lipinski definition) is 1. The average molecular weight is 245 g/mol. The van der Waals surface area contributed by atoms with Gasteiger partial charge < -0.3 is 5.32 Å². The Labute approximate surface area is 108 Å². The van der Waals surface area contributed by atoms with Crippen LogP contribution < -0.4 is 5.32 Å². The Morgan fingerprint density at radius 2 is 1.76 bits per heavy atom. The minimum absolute atomic E-state index is 0.305. The lowest BCUT2D eigenvalue weighted by atomic mass is 9.97. The molecule has 0 radical (unpaired) electrons. The normalized spacial score (nSPS) is 12.7. The highest BCUT2D eigenvalue weighted by atomic mass is 32.1. The third-order valence-corrected chi connectivity index (χ3v) is 4.12. The molecule has 1 aromatic heterocycles. The summed E-state index contributed by atoms with van der Waals surface area (Å²) in [5, 5.41) is 5.64. The van der Waals surface area contributed by atoms with E-state index in [-0.39, 0.29) is 0 Å². The van der Waals surface area contributed by atoms with Crippen LogP contribution in [0.4, 0.5) is 0 Å². The number of benzene rings is 1. The lowest BCUT2D eigenvalue weighted by molar-refractivity contribution is 0.693. The highest BCUT2D eigenvalue weighted by molar-refractivity contribution is 7.10. The first-order chi connectivity index (χ1) is 8.11. The molecular weight excluding hydrogens is 226 g/mol. The Morgan fingerprint density at radius 1 is 1.00 bits per heavy atom. The third-order valence-electron chi connectivity index (χ3n) is 3.24. The van der Waals surface area contributed by atoms with Gasteiger partial charge in [-0.2, -0.15) is 0 Å². The molecule has 1 nitrogen and oxygen atoms in total. The Balaban J connectivity index is 2.38. The van der Waals surface area contributed by atoms with Gasteiger partial charge in [0, 0.05) is 4.88 Å². The highest BCUT2D eigenvalue weighted by Gasteiger charge is 2.13. The van der Waals surface area contributed by atoms with Crippen LogP contribution in [0.1, 0.15) is 33.2 Å². The van der Waals surface area contributed by atoms with Gasteiger partial charge in [-0.3, -0.25) is 0 Å². The molecule has 1 atom stereocenters. The van der Waals surface area contributed by atoms with E-state index in [1.54, 1.807) is 0 Å². The van der Waals surface area contributed by atoms with E-state index in [4.69, 9.17) is 0 Å². The number of nitrogens with one attached hydrogen (secondary N) is 1. The molecule has 2 aromatic rings. The van der Waals surface area contributed by atoms with Gasteiger partial charge in [0.15, 0.2) is 0 Å². The Hall–Kier alpha value is -1.12. The molecule has 1 aromatic carbocycles. The number of hydrogen-bond acceptors (Lipinski definition) is 2. The van der Waals surface area contributed by atoms with Crippen LogP contribution in [-0.4, -0.2) is 7.05 Å². The monoisotopic (exact) mass is 245 g/mol. The van der Waals surface area contributed by atoms with Crippen molar-refractivity contribution in [2.75, 3.05) is 7.05 Å². The second-order valence-electron chi connectivity index (χ2n) is 4.56. The van der Waals surface area contributed by atoms with Crippen molar-refractivity contribution in [1.29, 1.82) is 0 Å². The van der Waals surface area contributed by atoms with Crippen molar-refractivity contribution in [2.45, 2.75) is 26.8 Å². The van der Waals surface area contributed by atoms with Gasteiger partial charge in [0.25, 0.3) is 0 Å². The van der Waals surface area contributed by atoms with Gasteiger partial charge in [-0.25, -0.2) is 0 Å².